The van der Waals surface area contributed by atoms with Gasteiger partial charge in [0.1, 0.15) is 10.0 Å². The van der Waals surface area contributed by atoms with Gasteiger partial charge in [0.05, 0.1) is 0 Å². The normalized spacial score (nSPS) is 11.9. The SMILES string of the molecule is Cn1nc(-c2ccc(Cl)c[n+]2O)c(Cl)c1C(F)(F)F. The molecule has 0 saturated carbocycles. The van der Waals surface area contributed by atoms with Crippen LogP contribution in [0.4, 0.5) is 13.2 Å². The van der Waals surface area contributed by atoms with Crippen molar-refractivity contribution in [3.8, 4) is 11.4 Å². The summed E-state index contributed by atoms with van der Waals surface area (Å²) in [5, 5.41) is 12.9. The zero-order chi connectivity index (χ0) is 14.4. The average molecular weight is 313 g/mol. The quantitative estimate of drug-likeness (QED) is 0.650. The molecule has 0 spiro atoms. The van der Waals surface area contributed by atoms with Crippen LogP contribution in [-0.2, 0) is 13.2 Å². The Morgan fingerprint density at radius 2 is 1.95 bits per heavy atom. The second kappa shape index (κ2) is 4.57. The van der Waals surface area contributed by atoms with Gasteiger partial charge in [-0.15, -0.1) is 0 Å². The first-order valence-corrected chi connectivity index (χ1v) is 5.68. The molecular formula is C10H7Cl2F3N3O+. The van der Waals surface area contributed by atoms with E-state index in [-0.39, 0.29) is 16.4 Å². The van der Waals surface area contributed by atoms with Crippen molar-refractivity contribution >= 4 is 23.2 Å². The molecule has 0 unspecified atom stereocenters. The molecule has 2 rings (SSSR count). The van der Waals surface area contributed by atoms with E-state index >= 15 is 0 Å². The first kappa shape index (κ1) is 14.0. The molecule has 0 amide bonds. The summed E-state index contributed by atoms with van der Waals surface area (Å²) >= 11 is 11.3. The maximum atomic E-state index is 12.8. The average Bonchev–Trinajstić information content (AvgIpc) is 2.53. The summed E-state index contributed by atoms with van der Waals surface area (Å²) in [6.45, 7) is 0. The molecule has 0 fully saturated rings. The molecule has 19 heavy (non-hydrogen) atoms. The Labute approximate surface area is 115 Å². The van der Waals surface area contributed by atoms with Crippen molar-refractivity contribution in [1.82, 2.24) is 9.78 Å². The first-order valence-electron chi connectivity index (χ1n) is 4.92. The van der Waals surface area contributed by atoms with Gasteiger partial charge in [-0.05, 0) is 6.07 Å². The van der Waals surface area contributed by atoms with E-state index in [1.165, 1.54) is 12.1 Å². The van der Waals surface area contributed by atoms with Crippen LogP contribution < -0.4 is 4.73 Å². The third-order valence-electron chi connectivity index (χ3n) is 2.39. The Hall–Kier alpha value is -1.47. The molecule has 2 aromatic rings. The van der Waals surface area contributed by atoms with Crippen LogP contribution in [0.25, 0.3) is 11.4 Å². The molecule has 0 radical (unpaired) electrons. The molecule has 9 heteroatoms. The zero-order valence-electron chi connectivity index (χ0n) is 9.41. The zero-order valence-corrected chi connectivity index (χ0v) is 10.9. The Morgan fingerprint density at radius 3 is 2.42 bits per heavy atom. The maximum absolute atomic E-state index is 12.8. The number of halogens is 5. The highest BCUT2D eigenvalue weighted by Crippen LogP contribution is 2.38. The van der Waals surface area contributed by atoms with Crippen molar-refractivity contribution in [1.29, 1.82) is 0 Å². The molecule has 0 aliphatic rings. The summed E-state index contributed by atoms with van der Waals surface area (Å²) in [6.07, 6.45) is -3.51. The summed E-state index contributed by atoms with van der Waals surface area (Å²) in [7, 11) is 1.12. The van der Waals surface area contributed by atoms with Crippen molar-refractivity contribution in [2.75, 3.05) is 0 Å². The molecule has 0 aliphatic carbocycles. The Kier molecular flexibility index (Phi) is 3.36. The number of pyridine rings is 1. The van der Waals surface area contributed by atoms with Gasteiger partial charge in [-0.1, -0.05) is 23.2 Å². The van der Waals surface area contributed by atoms with Crippen LogP contribution in [-0.4, -0.2) is 15.0 Å². The summed E-state index contributed by atoms with van der Waals surface area (Å²) in [6, 6.07) is 2.72. The highest BCUT2D eigenvalue weighted by molar-refractivity contribution is 6.33. The standard InChI is InChI=1S/C10H7Cl2F3N3O/c1-17-9(10(13,14)15)7(12)8(16-17)6-3-2-5(11)4-18(6)19/h2-4,19H,1H3/q+1. The van der Waals surface area contributed by atoms with E-state index in [1.54, 1.807) is 0 Å². The first-order chi connectivity index (χ1) is 8.71. The molecule has 0 aromatic carbocycles. The lowest BCUT2D eigenvalue weighted by atomic mass is 10.2. The number of rotatable bonds is 1. The van der Waals surface area contributed by atoms with Gasteiger partial charge in [-0.2, -0.15) is 18.3 Å². The fourth-order valence-corrected chi connectivity index (χ4v) is 2.14. The van der Waals surface area contributed by atoms with Gasteiger partial charge in [0.25, 0.3) is 5.69 Å². The van der Waals surface area contributed by atoms with E-state index in [0.29, 0.717) is 9.41 Å². The number of nitrogens with zero attached hydrogens (tertiary/aromatic N) is 3. The van der Waals surface area contributed by atoms with Crippen molar-refractivity contribution in [2.45, 2.75) is 6.18 Å². The number of aromatic nitrogens is 3. The van der Waals surface area contributed by atoms with E-state index < -0.39 is 16.9 Å². The van der Waals surface area contributed by atoms with Gasteiger partial charge in [0, 0.05) is 17.8 Å². The highest BCUT2D eigenvalue weighted by Gasteiger charge is 2.40. The molecule has 102 valence electrons. The highest BCUT2D eigenvalue weighted by atomic mass is 35.5. The van der Waals surface area contributed by atoms with E-state index in [4.69, 9.17) is 23.2 Å². The molecule has 0 bridgehead atoms. The lowest BCUT2D eigenvalue weighted by molar-refractivity contribution is -0.896. The molecule has 4 nitrogen and oxygen atoms in total. The largest absolute Gasteiger partial charge is 0.434 e. The van der Waals surface area contributed by atoms with Crippen LogP contribution in [0, 0.1) is 0 Å². The molecule has 0 saturated heterocycles. The van der Waals surface area contributed by atoms with E-state index in [0.717, 1.165) is 13.2 Å². The second-order valence-corrected chi connectivity index (χ2v) is 4.52. The third-order valence-corrected chi connectivity index (χ3v) is 2.97. The van der Waals surface area contributed by atoms with Crippen molar-refractivity contribution in [3.05, 3.63) is 34.1 Å². The summed E-state index contributed by atoms with van der Waals surface area (Å²) in [5.41, 5.74) is -1.27. The number of alkyl halides is 3. The third kappa shape index (κ3) is 2.48. The van der Waals surface area contributed by atoms with Crippen LogP contribution in [0.3, 0.4) is 0 Å². The van der Waals surface area contributed by atoms with E-state index in [9.17, 15) is 18.4 Å². The van der Waals surface area contributed by atoms with Crippen LogP contribution in [0.1, 0.15) is 5.69 Å². The number of aryl methyl sites for hydroxylation is 1. The summed E-state index contributed by atoms with van der Waals surface area (Å²) in [4.78, 5) is 0. The molecule has 2 aromatic heterocycles. The lowest BCUT2D eigenvalue weighted by Crippen LogP contribution is -2.32. The lowest BCUT2D eigenvalue weighted by Gasteiger charge is -2.05. The minimum absolute atomic E-state index is 0.000463. The topological polar surface area (TPSA) is 41.9 Å². The summed E-state index contributed by atoms with van der Waals surface area (Å²) in [5.74, 6) is 0. The molecule has 2 heterocycles. The molecule has 0 aliphatic heterocycles. The van der Waals surface area contributed by atoms with E-state index in [1.807, 2.05) is 0 Å². The maximum Gasteiger partial charge on any atom is 0.434 e. The van der Waals surface area contributed by atoms with Crippen LogP contribution >= 0.6 is 23.2 Å². The van der Waals surface area contributed by atoms with Crippen LogP contribution in [0.2, 0.25) is 10.0 Å². The predicted octanol–water partition coefficient (Wildman–Crippen LogP) is 2.94. The van der Waals surface area contributed by atoms with Gasteiger partial charge >= 0.3 is 6.18 Å². The van der Waals surface area contributed by atoms with E-state index in [2.05, 4.69) is 5.10 Å². The molecule has 1 N–H and O–H groups in total. The van der Waals surface area contributed by atoms with Crippen molar-refractivity contribution in [3.63, 3.8) is 0 Å². The predicted molar refractivity (Wildman–Crippen MR) is 61.0 cm³/mol. The van der Waals surface area contributed by atoms with Gasteiger partial charge in [0.2, 0.25) is 6.20 Å². The van der Waals surface area contributed by atoms with Crippen molar-refractivity contribution < 1.29 is 23.1 Å². The Balaban J connectivity index is 2.65. The Bertz CT molecular complexity index is 640. The minimum atomic E-state index is -4.64. The number of hydrogen-bond acceptors (Lipinski definition) is 2. The Morgan fingerprint density at radius 1 is 1.32 bits per heavy atom. The minimum Gasteiger partial charge on any atom is -0.284 e. The summed E-state index contributed by atoms with van der Waals surface area (Å²) < 4.78 is 39.5. The van der Waals surface area contributed by atoms with Gasteiger partial charge in [0.15, 0.2) is 11.4 Å². The molecular weight excluding hydrogens is 306 g/mol. The smallest absolute Gasteiger partial charge is 0.284 e. The fourth-order valence-electron chi connectivity index (χ4n) is 1.62. The molecule has 0 atom stereocenters. The van der Waals surface area contributed by atoms with Crippen molar-refractivity contribution in [2.24, 2.45) is 7.05 Å². The second-order valence-electron chi connectivity index (χ2n) is 3.71. The fraction of sp³-hybridized carbons (Fsp3) is 0.200. The van der Waals surface area contributed by atoms with Crippen LogP contribution in [0.5, 0.6) is 0 Å². The van der Waals surface area contributed by atoms with Gasteiger partial charge in [-0.3, -0.25) is 9.89 Å². The monoisotopic (exact) mass is 312 g/mol. The van der Waals surface area contributed by atoms with Gasteiger partial charge in [-0.25, -0.2) is 0 Å². The number of hydrogen-bond donors (Lipinski definition) is 1. The van der Waals surface area contributed by atoms with Crippen LogP contribution in [0.15, 0.2) is 18.3 Å². The van der Waals surface area contributed by atoms with Gasteiger partial charge < -0.3 is 0 Å².